The number of carbonyl (C=O) groups excluding carboxylic acids is 1. The van der Waals surface area contributed by atoms with E-state index in [0.717, 1.165) is 21.5 Å². The highest BCUT2D eigenvalue weighted by molar-refractivity contribution is 9.10. The Balaban J connectivity index is 2.12. The molecule has 0 aliphatic carbocycles. The fourth-order valence-corrected chi connectivity index (χ4v) is 2.88. The molecule has 0 amide bonds. The predicted molar refractivity (Wildman–Crippen MR) is 82.6 cm³/mol. The number of carbonyl (C=O) groups is 1. The third-order valence-corrected chi connectivity index (χ3v) is 4.47. The number of hydrogen-bond acceptors (Lipinski definition) is 3. The molecule has 19 heavy (non-hydrogen) atoms. The molecule has 0 bridgehead atoms. The van der Waals surface area contributed by atoms with Crippen LogP contribution in [-0.4, -0.2) is 16.0 Å². The highest BCUT2D eigenvalue weighted by Crippen LogP contribution is 2.27. The summed E-state index contributed by atoms with van der Waals surface area (Å²) in [6.07, 6.45) is 2.54. The SMILES string of the molecule is CCC(Sc1ccc(Br)cn1)C(=O)c1ccccc1. The van der Waals surface area contributed by atoms with Crippen LogP contribution < -0.4 is 0 Å². The molecule has 0 saturated carbocycles. The molecule has 1 aromatic heterocycles. The van der Waals surface area contributed by atoms with Gasteiger partial charge in [-0.15, -0.1) is 0 Å². The Kier molecular flexibility index (Phi) is 5.16. The van der Waals surface area contributed by atoms with Crippen molar-refractivity contribution in [2.24, 2.45) is 0 Å². The maximum atomic E-state index is 12.4. The monoisotopic (exact) mass is 335 g/mol. The van der Waals surface area contributed by atoms with E-state index in [-0.39, 0.29) is 11.0 Å². The number of pyridine rings is 1. The van der Waals surface area contributed by atoms with Crippen molar-refractivity contribution in [1.82, 2.24) is 4.98 Å². The summed E-state index contributed by atoms with van der Waals surface area (Å²) in [5, 5.41) is 0.787. The number of halogens is 1. The number of thioether (sulfide) groups is 1. The van der Waals surface area contributed by atoms with Crippen LogP contribution in [0.3, 0.4) is 0 Å². The molecular weight excluding hydrogens is 322 g/mol. The maximum Gasteiger partial charge on any atom is 0.176 e. The minimum Gasteiger partial charge on any atom is -0.293 e. The van der Waals surface area contributed by atoms with E-state index in [9.17, 15) is 4.79 Å². The van der Waals surface area contributed by atoms with E-state index in [4.69, 9.17) is 0 Å². The van der Waals surface area contributed by atoms with Crippen molar-refractivity contribution in [3.8, 4) is 0 Å². The molecule has 1 heterocycles. The summed E-state index contributed by atoms with van der Waals surface area (Å²) in [5.74, 6) is 0.165. The van der Waals surface area contributed by atoms with Gasteiger partial charge in [0.05, 0.1) is 10.3 Å². The smallest absolute Gasteiger partial charge is 0.176 e. The molecule has 98 valence electrons. The van der Waals surface area contributed by atoms with E-state index in [2.05, 4.69) is 20.9 Å². The van der Waals surface area contributed by atoms with Crippen LogP contribution in [0.4, 0.5) is 0 Å². The number of benzene rings is 1. The van der Waals surface area contributed by atoms with Crippen LogP contribution in [0.1, 0.15) is 23.7 Å². The first-order valence-corrected chi connectivity index (χ1v) is 7.75. The molecule has 0 saturated heterocycles. The lowest BCUT2D eigenvalue weighted by Gasteiger charge is -2.12. The van der Waals surface area contributed by atoms with Gasteiger partial charge in [0.15, 0.2) is 5.78 Å². The predicted octanol–water partition coefficient (Wildman–Crippen LogP) is 4.60. The van der Waals surface area contributed by atoms with E-state index >= 15 is 0 Å². The van der Waals surface area contributed by atoms with Gasteiger partial charge in [-0.1, -0.05) is 49.0 Å². The second-order valence-electron chi connectivity index (χ2n) is 4.06. The minimum atomic E-state index is -0.0870. The van der Waals surface area contributed by atoms with Crippen LogP contribution >= 0.6 is 27.7 Å². The van der Waals surface area contributed by atoms with Gasteiger partial charge in [0.1, 0.15) is 0 Å². The van der Waals surface area contributed by atoms with Crippen molar-refractivity contribution in [2.75, 3.05) is 0 Å². The second-order valence-corrected chi connectivity index (χ2v) is 6.20. The van der Waals surface area contributed by atoms with Crippen molar-refractivity contribution in [3.63, 3.8) is 0 Å². The summed E-state index contributed by atoms with van der Waals surface area (Å²) in [4.78, 5) is 16.7. The topological polar surface area (TPSA) is 30.0 Å². The quantitative estimate of drug-likeness (QED) is 0.590. The zero-order chi connectivity index (χ0) is 13.7. The van der Waals surface area contributed by atoms with Crippen molar-refractivity contribution < 1.29 is 4.79 Å². The molecule has 0 aliphatic heterocycles. The van der Waals surface area contributed by atoms with Crippen molar-refractivity contribution in [1.29, 1.82) is 0 Å². The third-order valence-electron chi connectivity index (χ3n) is 2.68. The minimum absolute atomic E-state index is 0.0870. The maximum absolute atomic E-state index is 12.4. The molecule has 2 rings (SSSR count). The van der Waals surface area contributed by atoms with E-state index < -0.39 is 0 Å². The third kappa shape index (κ3) is 3.91. The summed E-state index contributed by atoms with van der Waals surface area (Å²) in [6, 6.07) is 13.3. The van der Waals surface area contributed by atoms with Gasteiger partial charge in [0, 0.05) is 16.2 Å². The number of nitrogens with zero attached hydrogens (tertiary/aromatic N) is 1. The normalized spacial score (nSPS) is 12.1. The highest BCUT2D eigenvalue weighted by Gasteiger charge is 2.19. The van der Waals surface area contributed by atoms with Crippen molar-refractivity contribution in [2.45, 2.75) is 23.6 Å². The fraction of sp³-hybridized carbons (Fsp3) is 0.200. The summed E-state index contributed by atoms with van der Waals surface area (Å²) in [5.41, 5.74) is 0.763. The van der Waals surface area contributed by atoms with Gasteiger partial charge in [-0.05, 0) is 34.5 Å². The van der Waals surface area contributed by atoms with Crippen LogP contribution in [0.15, 0.2) is 58.2 Å². The van der Waals surface area contributed by atoms with Crippen LogP contribution in [0.2, 0.25) is 0 Å². The Morgan fingerprint density at radius 1 is 1.26 bits per heavy atom. The lowest BCUT2D eigenvalue weighted by Crippen LogP contribution is -2.16. The van der Waals surface area contributed by atoms with Crippen LogP contribution in [0.25, 0.3) is 0 Å². The summed E-state index contributed by atoms with van der Waals surface area (Å²) < 4.78 is 0.944. The Bertz CT molecular complexity index is 542. The molecule has 1 unspecified atom stereocenters. The molecule has 2 aromatic rings. The van der Waals surface area contributed by atoms with Gasteiger partial charge in [-0.25, -0.2) is 4.98 Å². The fourth-order valence-electron chi connectivity index (χ4n) is 1.69. The Hall–Kier alpha value is -1.13. The molecule has 1 aromatic carbocycles. The first-order valence-electron chi connectivity index (χ1n) is 6.08. The first-order chi connectivity index (χ1) is 9.20. The van der Waals surface area contributed by atoms with E-state index in [1.807, 2.05) is 49.4 Å². The summed E-state index contributed by atoms with van der Waals surface area (Å²) in [6.45, 7) is 2.03. The average molecular weight is 336 g/mol. The Morgan fingerprint density at radius 2 is 2.00 bits per heavy atom. The largest absolute Gasteiger partial charge is 0.293 e. The lowest BCUT2D eigenvalue weighted by atomic mass is 10.1. The molecule has 0 radical (unpaired) electrons. The number of Topliss-reactive ketones (excluding diaryl/α,β-unsaturated/α-hetero) is 1. The number of hydrogen-bond donors (Lipinski definition) is 0. The molecule has 1 atom stereocenters. The molecule has 0 N–H and O–H groups in total. The molecule has 0 aliphatic rings. The van der Waals surface area contributed by atoms with Gasteiger partial charge in [-0.3, -0.25) is 4.79 Å². The standard InChI is InChI=1S/C15H14BrNOS/c1-2-13(15(18)11-6-4-3-5-7-11)19-14-9-8-12(16)10-17-14/h3-10,13H,2H2,1H3. The lowest BCUT2D eigenvalue weighted by molar-refractivity contribution is 0.0988. The summed E-state index contributed by atoms with van der Waals surface area (Å²) in [7, 11) is 0. The molecule has 2 nitrogen and oxygen atoms in total. The van der Waals surface area contributed by atoms with Crippen LogP contribution in [-0.2, 0) is 0 Å². The average Bonchev–Trinajstić information content (AvgIpc) is 2.47. The van der Waals surface area contributed by atoms with Gasteiger partial charge < -0.3 is 0 Å². The van der Waals surface area contributed by atoms with Gasteiger partial charge in [0.25, 0.3) is 0 Å². The number of rotatable bonds is 5. The van der Waals surface area contributed by atoms with E-state index in [1.165, 1.54) is 11.8 Å². The summed E-state index contributed by atoms with van der Waals surface area (Å²) >= 11 is 4.87. The van der Waals surface area contributed by atoms with Crippen molar-refractivity contribution in [3.05, 3.63) is 58.7 Å². The highest BCUT2D eigenvalue weighted by atomic mass is 79.9. The van der Waals surface area contributed by atoms with E-state index in [0.29, 0.717) is 0 Å². The van der Waals surface area contributed by atoms with Crippen LogP contribution in [0.5, 0.6) is 0 Å². The number of aromatic nitrogens is 1. The Morgan fingerprint density at radius 3 is 2.58 bits per heavy atom. The van der Waals surface area contributed by atoms with Crippen molar-refractivity contribution >= 4 is 33.5 Å². The van der Waals surface area contributed by atoms with Gasteiger partial charge in [-0.2, -0.15) is 0 Å². The number of ketones is 1. The molecule has 4 heteroatoms. The molecular formula is C15H14BrNOS. The zero-order valence-corrected chi connectivity index (χ0v) is 12.9. The molecule has 0 fully saturated rings. The van der Waals surface area contributed by atoms with Gasteiger partial charge in [0.2, 0.25) is 0 Å². The molecule has 0 spiro atoms. The van der Waals surface area contributed by atoms with Gasteiger partial charge >= 0.3 is 0 Å². The second kappa shape index (κ2) is 6.87. The van der Waals surface area contributed by atoms with E-state index in [1.54, 1.807) is 6.20 Å². The zero-order valence-electron chi connectivity index (χ0n) is 10.5. The Labute approximate surface area is 125 Å². The van der Waals surface area contributed by atoms with Crippen LogP contribution in [0, 0.1) is 0 Å². The first kappa shape index (κ1) is 14.3.